The summed E-state index contributed by atoms with van der Waals surface area (Å²) in [6.45, 7) is 5.48. The van der Waals surface area contributed by atoms with E-state index in [1.807, 2.05) is 32.0 Å². The third-order valence-electron chi connectivity index (χ3n) is 2.59. The van der Waals surface area contributed by atoms with Gasteiger partial charge in [0.1, 0.15) is 0 Å². The average molecular weight is 222 g/mol. The molecule has 88 valence electrons. The van der Waals surface area contributed by atoms with Crippen molar-refractivity contribution in [1.82, 2.24) is 9.88 Å². The number of aliphatic carboxylic acids is 1. The number of hydrogen-bond acceptors (Lipinski definition) is 3. The maximum absolute atomic E-state index is 10.6. The number of rotatable bonds is 6. The van der Waals surface area contributed by atoms with Crippen molar-refractivity contribution >= 4 is 5.97 Å². The standard InChI is InChI=1S/C12H18N2O2/c1-3-14(10(2)8-12(15)16)9-11-6-4-5-7-13-11/h4-7,10H,3,8-9H2,1-2H3,(H,15,16). The molecule has 0 aliphatic rings. The molecule has 0 aliphatic carbocycles. The van der Waals surface area contributed by atoms with Crippen LogP contribution in [0.3, 0.4) is 0 Å². The summed E-state index contributed by atoms with van der Waals surface area (Å²) in [5.74, 6) is -0.757. The second kappa shape index (κ2) is 6.23. The third-order valence-corrected chi connectivity index (χ3v) is 2.59. The lowest BCUT2D eigenvalue weighted by molar-refractivity contribution is -0.138. The normalized spacial score (nSPS) is 12.7. The maximum atomic E-state index is 10.6. The summed E-state index contributed by atoms with van der Waals surface area (Å²) in [6, 6.07) is 5.80. The Bertz CT molecular complexity index is 327. The highest BCUT2D eigenvalue weighted by Crippen LogP contribution is 2.08. The Morgan fingerprint density at radius 1 is 1.56 bits per heavy atom. The van der Waals surface area contributed by atoms with Gasteiger partial charge in [0.2, 0.25) is 0 Å². The van der Waals surface area contributed by atoms with Gasteiger partial charge in [0, 0.05) is 18.8 Å². The van der Waals surface area contributed by atoms with Crippen LogP contribution in [0.2, 0.25) is 0 Å². The summed E-state index contributed by atoms with van der Waals surface area (Å²) in [6.07, 6.45) is 1.92. The molecule has 0 radical (unpaired) electrons. The number of aromatic nitrogens is 1. The third kappa shape index (κ3) is 3.98. The van der Waals surface area contributed by atoms with Crippen molar-refractivity contribution in [2.75, 3.05) is 6.54 Å². The Labute approximate surface area is 95.9 Å². The highest BCUT2D eigenvalue weighted by molar-refractivity contribution is 5.67. The van der Waals surface area contributed by atoms with E-state index in [-0.39, 0.29) is 12.5 Å². The first-order chi connectivity index (χ1) is 7.63. The summed E-state index contributed by atoms with van der Waals surface area (Å²) in [5.41, 5.74) is 0.974. The molecule has 1 atom stereocenters. The van der Waals surface area contributed by atoms with Gasteiger partial charge in [-0.2, -0.15) is 0 Å². The molecule has 1 aromatic rings. The van der Waals surface area contributed by atoms with Gasteiger partial charge in [-0.3, -0.25) is 14.7 Å². The van der Waals surface area contributed by atoms with Crippen molar-refractivity contribution in [3.63, 3.8) is 0 Å². The predicted octanol–water partition coefficient (Wildman–Crippen LogP) is 1.77. The van der Waals surface area contributed by atoms with E-state index in [0.29, 0.717) is 6.54 Å². The van der Waals surface area contributed by atoms with Crippen LogP contribution in [0.15, 0.2) is 24.4 Å². The molecule has 16 heavy (non-hydrogen) atoms. The van der Waals surface area contributed by atoms with E-state index in [1.165, 1.54) is 0 Å². The van der Waals surface area contributed by atoms with E-state index < -0.39 is 5.97 Å². The van der Waals surface area contributed by atoms with Crippen molar-refractivity contribution in [3.8, 4) is 0 Å². The molecule has 0 aliphatic heterocycles. The zero-order valence-electron chi connectivity index (χ0n) is 9.76. The molecule has 1 unspecified atom stereocenters. The summed E-state index contributed by atoms with van der Waals surface area (Å²) in [7, 11) is 0. The number of carboxylic acid groups (broad SMARTS) is 1. The molecule has 0 saturated heterocycles. The molecule has 0 aromatic carbocycles. The first-order valence-electron chi connectivity index (χ1n) is 5.49. The van der Waals surface area contributed by atoms with Gasteiger partial charge in [-0.25, -0.2) is 0 Å². The van der Waals surface area contributed by atoms with Crippen LogP contribution in [0.4, 0.5) is 0 Å². The van der Waals surface area contributed by atoms with Crippen LogP contribution in [0.1, 0.15) is 26.0 Å². The number of pyridine rings is 1. The van der Waals surface area contributed by atoms with Crippen molar-refractivity contribution in [1.29, 1.82) is 0 Å². The minimum Gasteiger partial charge on any atom is -0.481 e. The molecule has 1 heterocycles. The van der Waals surface area contributed by atoms with Gasteiger partial charge >= 0.3 is 5.97 Å². The van der Waals surface area contributed by atoms with E-state index in [0.717, 1.165) is 12.2 Å². The molecule has 4 heteroatoms. The van der Waals surface area contributed by atoms with E-state index >= 15 is 0 Å². The van der Waals surface area contributed by atoms with Gasteiger partial charge in [-0.15, -0.1) is 0 Å². The van der Waals surface area contributed by atoms with Crippen LogP contribution < -0.4 is 0 Å². The van der Waals surface area contributed by atoms with Crippen LogP contribution in [-0.4, -0.2) is 33.5 Å². The van der Waals surface area contributed by atoms with E-state index in [4.69, 9.17) is 5.11 Å². The summed E-state index contributed by atoms with van der Waals surface area (Å²) >= 11 is 0. The number of carbonyl (C=O) groups is 1. The summed E-state index contributed by atoms with van der Waals surface area (Å²) in [5, 5.41) is 8.75. The van der Waals surface area contributed by atoms with Gasteiger partial charge in [0.25, 0.3) is 0 Å². The van der Waals surface area contributed by atoms with Crippen molar-refractivity contribution in [3.05, 3.63) is 30.1 Å². The minimum absolute atomic E-state index is 0.0320. The largest absolute Gasteiger partial charge is 0.481 e. The number of hydrogen-bond donors (Lipinski definition) is 1. The molecule has 4 nitrogen and oxygen atoms in total. The Kier molecular flexibility index (Phi) is 4.92. The van der Waals surface area contributed by atoms with Crippen LogP contribution in [0, 0.1) is 0 Å². The molecule has 0 saturated carbocycles. The fraction of sp³-hybridized carbons (Fsp3) is 0.500. The summed E-state index contributed by atoms with van der Waals surface area (Å²) in [4.78, 5) is 17.0. The summed E-state index contributed by atoms with van der Waals surface area (Å²) < 4.78 is 0. The second-order valence-electron chi connectivity index (χ2n) is 3.83. The molecule has 0 bridgehead atoms. The van der Waals surface area contributed by atoms with Gasteiger partial charge in [0.15, 0.2) is 0 Å². The highest BCUT2D eigenvalue weighted by atomic mass is 16.4. The van der Waals surface area contributed by atoms with E-state index in [9.17, 15) is 4.79 Å². The lowest BCUT2D eigenvalue weighted by Crippen LogP contribution is -2.34. The second-order valence-corrected chi connectivity index (χ2v) is 3.83. The lowest BCUT2D eigenvalue weighted by atomic mass is 10.2. The van der Waals surface area contributed by atoms with Crippen LogP contribution in [-0.2, 0) is 11.3 Å². The zero-order valence-corrected chi connectivity index (χ0v) is 9.76. The molecule has 1 rings (SSSR count). The maximum Gasteiger partial charge on any atom is 0.304 e. The van der Waals surface area contributed by atoms with Gasteiger partial charge < -0.3 is 5.11 Å². The fourth-order valence-electron chi connectivity index (χ4n) is 1.66. The van der Waals surface area contributed by atoms with Crippen molar-refractivity contribution in [2.24, 2.45) is 0 Å². The van der Waals surface area contributed by atoms with Crippen molar-refractivity contribution in [2.45, 2.75) is 32.9 Å². The van der Waals surface area contributed by atoms with Crippen molar-refractivity contribution < 1.29 is 9.90 Å². The molecular weight excluding hydrogens is 204 g/mol. The first-order valence-corrected chi connectivity index (χ1v) is 5.49. The molecular formula is C12H18N2O2. The SMILES string of the molecule is CCN(Cc1ccccn1)C(C)CC(=O)O. The lowest BCUT2D eigenvalue weighted by Gasteiger charge is -2.26. The zero-order chi connectivity index (χ0) is 12.0. The van der Waals surface area contributed by atoms with Crippen LogP contribution in [0.25, 0.3) is 0 Å². The topological polar surface area (TPSA) is 53.4 Å². The Morgan fingerprint density at radius 3 is 2.81 bits per heavy atom. The van der Waals surface area contributed by atoms with Gasteiger partial charge in [-0.1, -0.05) is 13.0 Å². The van der Waals surface area contributed by atoms with Gasteiger partial charge in [0.05, 0.1) is 12.1 Å². The van der Waals surface area contributed by atoms with E-state index in [2.05, 4.69) is 9.88 Å². The Balaban J connectivity index is 2.58. The molecule has 1 N–H and O–H groups in total. The quantitative estimate of drug-likeness (QED) is 0.797. The number of nitrogens with zero attached hydrogens (tertiary/aromatic N) is 2. The molecule has 1 aromatic heterocycles. The highest BCUT2D eigenvalue weighted by Gasteiger charge is 2.15. The Hall–Kier alpha value is -1.42. The smallest absolute Gasteiger partial charge is 0.304 e. The molecule has 0 fully saturated rings. The van der Waals surface area contributed by atoms with Gasteiger partial charge in [-0.05, 0) is 25.6 Å². The predicted molar refractivity (Wildman–Crippen MR) is 62.0 cm³/mol. The molecule has 0 amide bonds. The first kappa shape index (κ1) is 12.6. The Morgan fingerprint density at radius 2 is 2.31 bits per heavy atom. The average Bonchev–Trinajstić information content (AvgIpc) is 2.26. The number of carboxylic acids is 1. The van der Waals surface area contributed by atoms with Crippen LogP contribution >= 0.6 is 0 Å². The van der Waals surface area contributed by atoms with E-state index in [1.54, 1.807) is 6.20 Å². The fourth-order valence-corrected chi connectivity index (χ4v) is 1.66. The monoisotopic (exact) mass is 222 g/mol. The minimum atomic E-state index is -0.757. The van der Waals surface area contributed by atoms with Crippen LogP contribution in [0.5, 0.6) is 0 Å². The molecule has 0 spiro atoms.